The van der Waals surface area contributed by atoms with Gasteiger partial charge in [0.15, 0.2) is 6.54 Å². The van der Waals surface area contributed by atoms with Crippen LogP contribution in [0.4, 0.5) is 14.5 Å². The van der Waals surface area contributed by atoms with Crippen molar-refractivity contribution in [3.8, 4) is 11.8 Å². The Kier molecular flexibility index (Phi) is 7.09. The number of alkyl halides is 2. The molecule has 5 nitrogen and oxygen atoms in total. The van der Waals surface area contributed by atoms with Crippen LogP contribution in [0.3, 0.4) is 0 Å². The molecule has 152 valence electrons. The smallest absolute Gasteiger partial charge is 0.387 e. The summed E-state index contributed by atoms with van der Waals surface area (Å²) in [7, 11) is 0. The number of quaternary nitrogens is 1. The molecule has 0 aliphatic rings. The van der Waals surface area contributed by atoms with Gasteiger partial charge in [0, 0.05) is 11.1 Å². The summed E-state index contributed by atoms with van der Waals surface area (Å²) in [6.07, 6.45) is 0. The first-order chi connectivity index (χ1) is 14.6. The van der Waals surface area contributed by atoms with E-state index in [1.807, 2.05) is 41.7 Å². The van der Waals surface area contributed by atoms with Gasteiger partial charge in [0.25, 0.3) is 5.91 Å². The number of nitrogens with one attached hydrogen (secondary N) is 1. The fraction of sp³-hybridized carbons (Fsp3) is 0.130. The monoisotopic (exact) mass is 408 g/mol. The van der Waals surface area contributed by atoms with Crippen LogP contribution in [-0.2, 0) is 4.79 Å². The number of hydrogen-bond acceptors (Lipinski definition) is 3. The van der Waals surface area contributed by atoms with Gasteiger partial charge in [-0.2, -0.15) is 14.0 Å². The van der Waals surface area contributed by atoms with Crippen molar-refractivity contribution >= 4 is 11.6 Å². The van der Waals surface area contributed by atoms with Crippen molar-refractivity contribution in [1.82, 2.24) is 0 Å². The van der Waals surface area contributed by atoms with Gasteiger partial charge in [-0.25, -0.2) is 0 Å². The highest BCUT2D eigenvalue weighted by Crippen LogP contribution is 2.22. The summed E-state index contributed by atoms with van der Waals surface area (Å²) in [5, 5.41) is 13.8. The molecule has 0 radical (unpaired) electrons. The Morgan fingerprint density at radius 3 is 2.27 bits per heavy atom. The van der Waals surface area contributed by atoms with Gasteiger partial charge in [-0.3, -0.25) is 4.79 Å². The molecule has 0 saturated carbocycles. The van der Waals surface area contributed by atoms with Gasteiger partial charge in [0.2, 0.25) is 0 Å². The van der Waals surface area contributed by atoms with Crippen LogP contribution in [0.25, 0.3) is 0 Å². The Bertz CT molecular complexity index is 1020. The van der Waals surface area contributed by atoms with Crippen LogP contribution in [0.15, 0.2) is 78.9 Å². The Morgan fingerprint density at radius 2 is 1.60 bits per heavy atom. The number of hydrogen-bond donors (Lipinski definition) is 2. The number of carbonyl (C=O) groups is 1. The second-order valence-electron chi connectivity index (χ2n) is 6.48. The minimum absolute atomic E-state index is 0.0754. The van der Waals surface area contributed by atoms with Crippen molar-refractivity contribution in [1.29, 1.82) is 5.26 Å². The molecule has 3 rings (SSSR count). The van der Waals surface area contributed by atoms with E-state index in [1.165, 1.54) is 12.1 Å². The molecule has 0 heterocycles. The van der Waals surface area contributed by atoms with Crippen molar-refractivity contribution in [3.05, 3.63) is 95.6 Å². The van der Waals surface area contributed by atoms with Crippen molar-refractivity contribution < 1.29 is 23.6 Å². The van der Waals surface area contributed by atoms with E-state index in [-0.39, 0.29) is 24.2 Å². The first-order valence-electron chi connectivity index (χ1n) is 9.29. The zero-order valence-corrected chi connectivity index (χ0v) is 16.0. The second kappa shape index (κ2) is 10.1. The minimum Gasteiger partial charge on any atom is -0.435 e. The fourth-order valence-electron chi connectivity index (χ4n) is 3.10. The predicted octanol–water partition coefficient (Wildman–Crippen LogP) is 3.45. The van der Waals surface area contributed by atoms with E-state index in [0.717, 1.165) is 11.1 Å². The molecule has 0 aromatic heterocycles. The standard InChI is InChI=1S/C23H19F2N3O2/c24-23(25)30-19-12-10-17(11-13-19)22(16-6-2-1-3-7-16)27-15-21(29)28-20-9-5-4-8-18(20)14-26/h1-13,22-23,27H,15H2,(H,28,29)/p+1/t22-/m0/s1. The SMILES string of the molecule is N#Cc1ccccc1NC(=O)C[NH2+][C@@H](c1ccccc1)c1ccc(OC(F)F)cc1. The second-order valence-corrected chi connectivity index (χ2v) is 6.48. The maximum atomic E-state index is 12.5. The zero-order valence-electron chi connectivity index (χ0n) is 16.0. The number of benzene rings is 3. The van der Waals surface area contributed by atoms with Crippen molar-refractivity contribution in [2.24, 2.45) is 0 Å². The number of nitrogens with zero attached hydrogens (tertiary/aromatic N) is 1. The Morgan fingerprint density at radius 1 is 0.967 bits per heavy atom. The van der Waals surface area contributed by atoms with Gasteiger partial charge < -0.3 is 15.4 Å². The summed E-state index contributed by atoms with van der Waals surface area (Å²) in [5.74, 6) is -0.178. The summed E-state index contributed by atoms with van der Waals surface area (Å²) >= 11 is 0. The molecule has 3 aromatic carbocycles. The molecule has 1 atom stereocenters. The molecule has 0 unspecified atom stereocenters. The number of amides is 1. The number of halogens is 2. The van der Waals surface area contributed by atoms with E-state index >= 15 is 0 Å². The van der Waals surface area contributed by atoms with Crippen LogP contribution < -0.4 is 15.4 Å². The molecule has 0 fully saturated rings. The summed E-state index contributed by atoms with van der Waals surface area (Å²) in [4.78, 5) is 12.5. The lowest BCUT2D eigenvalue weighted by molar-refractivity contribution is -0.676. The molecule has 0 bridgehead atoms. The van der Waals surface area contributed by atoms with E-state index < -0.39 is 6.61 Å². The van der Waals surface area contributed by atoms with Crippen molar-refractivity contribution in [2.75, 3.05) is 11.9 Å². The molecule has 3 N–H and O–H groups in total. The van der Waals surface area contributed by atoms with E-state index in [4.69, 9.17) is 5.26 Å². The number of carbonyl (C=O) groups excluding carboxylic acids is 1. The highest BCUT2D eigenvalue weighted by Gasteiger charge is 2.20. The first-order valence-corrected chi connectivity index (χ1v) is 9.29. The zero-order chi connectivity index (χ0) is 21.3. The third-order valence-corrected chi connectivity index (χ3v) is 4.48. The van der Waals surface area contributed by atoms with E-state index in [1.54, 1.807) is 36.4 Å². The summed E-state index contributed by atoms with van der Waals surface area (Å²) in [5.41, 5.74) is 2.65. The third-order valence-electron chi connectivity index (χ3n) is 4.48. The number of ether oxygens (including phenoxy) is 1. The number of para-hydroxylation sites is 1. The number of anilines is 1. The minimum atomic E-state index is -2.88. The van der Waals surface area contributed by atoms with Crippen LogP contribution in [0.2, 0.25) is 0 Å². The average Bonchev–Trinajstić information content (AvgIpc) is 2.76. The number of nitriles is 1. The summed E-state index contributed by atoms with van der Waals surface area (Å²) in [6, 6.07) is 24.5. The Balaban J connectivity index is 1.74. The Hall–Kier alpha value is -3.76. The van der Waals surface area contributed by atoms with Crippen LogP contribution >= 0.6 is 0 Å². The van der Waals surface area contributed by atoms with Crippen LogP contribution in [-0.4, -0.2) is 19.1 Å². The molecular formula is C23H20F2N3O2+. The first kappa shape index (κ1) is 21.0. The van der Waals surface area contributed by atoms with Gasteiger partial charge in [0.1, 0.15) is 17.9 Å². The number of rotatable bonds is 8. The molecular weight excluding hydrogens is 388 g/mol. The molecule has 3 aromatic rings. The maximum absolute atomic E-state index is 12.5. The normalized spacial score (nSPS) is 11.5. The molecule has 1 amide bonds. The quantitative estimate of drug-likeness (QED) is 0.599. The maximum Gasteiger partial charge on any atom is 0.387 e. The molecule has 7 heteroatoms. The lowest BCUT2D eigenvalue weighted by Gasteiger charge is -2.17. The van der Waals surface area contributed by atoms with Crippen LogP contribution in [0.1, 0.15) is 22.7 Å². The lowest BCUT2D eigenvalue weighted by atomic mass is 9.98. The van der Waals surface area contributed by atoms with Gasteiger partial charge >= 0.3 is 6.61 Å². The molecule has 0 spiro atoms. The summed E-state index contributed by atoms with van der Waals surface area (Å²) in [6.45, 7) is -2.78. The average molecular weight is 408 g/mol. The predicted molar refractivity (Wildman–Crippen MR) is 108 cm³/mol. The highest BCUT2D eigenvalue weighted by molar-refractivity contribution is 5.92. The van der Waals surface area contributed by atoms with E-state index in [2.05, 4.69) is 10.1 Å². The molecule has 0 aliphatic heterocycles. The topological polar surface area (TPSA) is 78.7 Å². The molecule has 0 saturated heterocycles. The Labute approximate surface area is 172 Å². The van der Waals surface area contributed by atoms with Crippen molar-refractivity contribution in [3.63, 3.8) is 0 Å². The fourth-order valence-corrected chi connectivity index (χ4v) is 3.10. The largest absolute Gasteiger partial charge is 0.435 e. The van der Waals surface area contributed by atoms with E-state index in [9.17, 15) is 13.6 Å². The van der Waals surface area contributed by atoms with Gasteiger partial charge in [-0.15, -0.1) is 0 Å². The lowest BCUT2D eigenvalue weighted by Crippen LogP contribution is -2.87. The van der Waals surface area contributed by atoms with Gasteiger partial charge in [-0.1, -0.05) is 42.5 Å². The van der Waals surface area contributed by atoms with Gasteiger partial charge in [-0.05, 0) is 36.4 Å². The van der Waals surface area contributed by atoms with E-state index in [0.29, 0.717) is 11.3 Å². The highest BCUT2D eigenvalue weighted by atomic mass is 19.3. The molecule has 0 aliphatic carbocycles. The van der Waals surface area contributed by atoms with Crippen LogP contribution in [0.5, 0.6) is 5.75 Å². The molecule has 30 heavy (non-hydrogen) atoms. The number of nitrogens with two attached hydrogens (primary N) is 1. The summed E-state index contributed by atoms with van der Waals surface area (Å²) < 4.78 is 29.2. The van der Waals surface area contributed by atoms with Gasteiger partial charge in [0.05, 0.1) is 11.3 Å². The third kappa shape index (κ3) is 5.63. The van der Waals surface area contributed by atoms with Crippen LogP contribution in [0, 0.1) is 11.3 Å². The van der Waals surface area contributed by atoms with Crippen molar-refractivity contribution in [2.45, 2.75) is 12.7 Å².